The highest BCUT2D eigenvalue weighted by atomic mass is 35.5. The summed E-state index contributed by atoms with van der Waals surface area (Å²) in [4.78, 5) is 2.32. The molecule has 1 saturated heterocycles. The first-order valence-corrected chi connectivity index (χ1v) is 5.50. The lowest BCUT2D eigenvalue weighted by molar-refractivity contribution is 0.437. The van der Waals surface area contributed by atoms with E-state index in [9.17, 15) is 0 Å². The molecule has 14 heavy (non-hydrogen) atoms. The molecule has 1 fully saturated rings. The number of anilines is 1. The standard InChI is InChI=1S/C9H15ClN4/c1-13-9(7-11-12-13)14-4-2-8(6-10)3-5-14/h7-8H,2-6H2,1H3. The number of hydrogen-bond acceptors (Lipinski definition) is 3. The fourth-order valence-corrected chi connectivity index (χ4v) is 2.20. The first-order chi connectivity index (χ1) is 6.81. The van der Waals surface area contributed by atoms with Gasteiger partial charge in [-0.1, -0.05) is 5.21 Å². The molecule has 1 aromatic rings. The Hall–Kier alpha value is -0.770. The van der Waals surface area contributed by atoms with Crippen molar-refractivity contribution in [3.05, 3.63) is 6.20 Å². The molecule has 0 spiro atoms. The summed E-state index contributed by atoms with van der Waals surface area (Å²) in [5.41, 5.74) is 0. The molecule has 0 saturated carbocycles. The van der Waals surface area contributed by atoms with Crippen molar-refractivity contribution < 1.29 is 0 Å². The van der Waals surface area contributed by atoms with Crippen molar-refractivity contribution in [3.8, 4) is 0 Å². The molecule has 1 aliphatic rings. The van der Waals surface area contributed by atoms with E-state index in [4.69, 9.17) is 11.6 Å². The zero-order valence-electron chi connectivity index (χ0n) is 8.36. The number of aryl methyl sites for hydroxylation is 1. The van der Waals surface area contributed by atoms with Gasteiger partial charge in [0, 0.05) is 26.0 Å². The fraction of sp³-hybridized carbons (Fsp3) is 0.778. The van der Waals surface area contributed by atoms with Gasteiger partial charge in [0.05, 0.1) is 6.20 Å². The molecule has 0 N–H and O–H groups in total. The van der Waals surface area contributed by atoms with Gasteiger partial charge >= 0.3 is 0 Å². The molecule has 0 aromatic carbocycles. The summed E-state index contributed by atoms with van der Waals surface area (Å²) in [6, 6.07) is 0. The monoisotopic (exact) mass is 214 g/mol. The van der Waals surface area contributed by atoms with E-state index in [0.29, 0.717) is 5.92 Å². The quantitative estimate of drug-likeness (QED) is 0.696. The van der Waals surface area contributed by atoms with Crippen LogP contribution in [0.15, 0.2) is 6.20 Å². The minimum absolute atomic E-state index is 0.689. The number of piperidine rings is 1. The lowest BCUT2D eigenvalue weighted by Gasteiger charge is -2.31. The second-order valence-corrected chi connectivity index (χ2v) is 4.11. The molecule has 0 bridgehead atoms. The lowest BCUT2D eigenvalue weighted by Crippen LogP contribution is -2.35. The van der Waals surface area contributed by atoms with Gasteiger partial charge in [-0.05, 0) is 18.8 Å². The van der Waals surface area contributed by atoms with Gasteiger partial charge in [0.15, 0.2) is 0 Å². The third-order valence-electron chi connectivity index (χ3n) is 2.85. The van der Waals surface area contributed by atoms with Gasteiger partial charge in [0.25, 0.3) is 0 Å². The highest BCUT2D eigenvalue weighted by Gasteiger charge is 2.20. The van der Waals surface area contributed by atoms with E-state index in [1.807, 2.05) is 17.9 Å². The first-order valence-electron chi connectivity index (χ1n) is 4.97. The van der Waals surface area contributed by atoms with Crippen molar-refractivity contribution in [1.29, 1.82) is 0 Å². The molecule has 0 atom stereocenters. The SMILES string of the molecule is Cn1nncc1N1CCC(CCl)CC1. The highest BCUT2D eigenvalue weighted by molar-refractivity contribution is 6.18. The average Bonchev–Trinajstić information content (AvgIpc) is 2.65. The van der Waals surface area contributed by atoms with Crippen molar-refractivity contribution in [3.63, 3.8) is 0 Å². The number of alkyl halides is 1. The van der Waals surface area contributed by atoms with E-state index < -0.39 is 0 Å². The molecule has 4 nitrogen and oxygen atoms in total. The molecule has 2 heterocycles. The zero-order chi connectivity index (χ0) is 9.97. The zero-order valence-corrected chi connectivity index (χ0v) is 9.11. The van der Waals surface area contributed by atoms with Gasteiger partial charge in [0.2, 0.25) is 0 Å². The Balaban J connectivity index is 1.99. The molecular formula is C9H15ClN4. The maximum Gasteiger partial charge on any atom is 0.147 e. The van der Waals surface area contributed by atoms with Gasteiger partial charge in [0.1, 0.15) is 5.82 Å². The third-order valence-corrected chi connectivity index (χ3v) is 3.28. The summed E-state index contributed by atoms with van der Waals surface area (Å²) < 4.78 is 1.82. The van der Waals surface area contributed by atoms with E-state index in [2.05, 4.69) is 15.2 Å². The summed E-state index contributed by atoms with van der Waals surface area (Å²) >= 11 is 5.84. The van der Waals surface area contributed by atoms with Gasteiger partial charge < -0.3 is 4.90 Å². The molecule has 0 aliphatic carbocycles. The van der Waals surface area contributed by atoms with Crippen molar-refractivity contribution >= 4 is 17.4 Å². The van der Waals surface area contributed by atoms with E-state index in [0.717, 1.165) is 24.8 Å². The fourth-order valence-electron chi connectivity index (χ4n) is 1.89. The molecule has 0 radical (unpaired) electrons. The Bertz CT molecular complexity index is 291. The van der Waals surface area contributed by atoms with Crippen molar-refractivity contribution in [2.45, 2.75) is 12.8 Å². The van der Waals surface area contributed by atoms with Crippen LogP contribution in [0.25, 0.3) is 0 Å². The van der Waals surface area contributed by atoms with Crippen molar-refractivity contribution in [2.24, 2.45) is 13.0 Å². The Morgan fingerprint density at radius 2 is 2.21 bits per heavy atom. The molecule has 0 amide bonds. The predicted octanol–water partition coefficient (Wildman–Crippen LogP) is 1.27. The lowest BCUT2D eigenvalue weighted by atomic mass is 9.99. The Morgan fingerprint density at radius 3 is 2.71 bits per heavy atom. The molecular weight excluding hydrogens is 200 g/mol. The number of rotatable bonds is 2. The van der Waals surface area contributed by atoms with Crippen LogP contribution in [0.5, 0.6) is 0 Å². The number of aromatic nitrogens is 3. The Kier molecular flexibility index (Phi) is 2.91. The van der Waals surface area contributed by atoms with E-state index in [1.165, 1.54) is 12.8 Å². The molecule has 78 valence electrons. The highest BCUT2D eigenvalue weighted by Crippen LogP contribution is 2.22. The largest absolute Gasteiger partial charge is 0.355 e. The molecule has 1 aromatic heterocycles. The maximum atomic E-state index is 5.84. The second-order valence-electron chi connectivity index (χ2n) is 3.80. The normalized spacial score (nSPS) is 18.9. The summed E-state index contributed by atoms with van der Waals surface area (Å²) in [7, 11) is 1.93. The van der Waals surface area contributed by atoms with Crippen LogP contribution < -0.4 is 4.90 Å². The number of nitrogens with zero attached hydrogens (tertiary/aromatic N) is 4. The summed E-state index contributed by atoms with van der Waals surface area (Å²) in [6.07, 6.45) is 4.17. The van der Waals surface area contributed by atoms with Gasteiger partial charge in [-0.15, -0.1) is 16.7 Å². The predicted molar refractivity (Wildman–Crippen MR) is 56.7 cm³/mol. The minimum atomic E-state index is 0.689. The van der Waals surface area contributed by atoms with E-state index >= 15 is 0 Å². The summed E-state index contributed by atoms with van der Waals surface area (Å²) in [5.74, 6) is 2.59. The second kappa shape index (κ2) is 4.17. The Labute approximate surface area is 88.8 Å². The molecule has 5 heteroatoms. The van der Waals surface area contributed by atoms with E-state index in [1.54, 1.807) is 0 Å². The Morgan fingerprint density at radius 1 is 1.50 bits per heavy atom. The summed E-state index contributed by atoms with van der Waals surface area (Å²) in [5, 5.41) is 7.81. The first kappa shape index (κ1) is 9.77. The van der Waals surface area contributed by atoms with Crippen LogP contribution in [0.1, 0.15) is 12.8 Å². The van der Waals surface area contributed by atoms with Crippen LogP contribution in [0, 0.1) is 5.92 Å². The van der Waals surface area contributed by atoms with Gasteiger partial charge in [-0.3, -0.25) is 0 Å². The van der Waals surface area contributed by atoms with Crippen LogP contribution in [-0.2, 0) is 7.05 Å². The van der Waals surface area contributed by atoms with Crippen LogP contribution in [0.3, 0.4) is 0 Å². The smallest absolute Gasteiger partial charge is 0.147 e. The maximum absolute atomic E-state index is 5.84. The third kappa shape index (κ3) is 1.85. The van der Waals surface area contributed by atoms with Crippen molar-refractivity contribution in [2.75, 3.05) is 23.9 Å². The molecule has 2 rings (SSSR count). The summed E-state index contributed by atoms with van der Waals surface area (Å²) in [6.45, 7) is 2.14. The minimum Gasteiger partial charge on any atom is -0.355 e. The molecule has 1 aliphatic heterocycles. The van der Waals surface area contributed by atoms with Gasteiger partial charge in [-0.25, -0.2) is 4.68 Å². The number of hydrogen-bond donors (Lipinski definition) is 0. The van der Waals surface area contributed by atoms with Crippen molar-refractivity contribution in [1.82, 2.24) is 15.0 Å². The number of halogens is 1. The molecule has 0 unspecified atom stereocenters. The van der Waals surface area contributed by atoms with Crippen LogP contribution in [-0.4, -0.2) is 34.0 Å². The van der Waals surface area contributed by atoms with Crippen LogP contribution in [0.4, 0.5) is 5.82 Å². The topological polar surface area (TPSA) is 34.0 Å². The van der Waals surface area contributed by atoms with E-state index in [-0.39, 0.29) is 0 Å². The average molecular weight is 215 g/mol. The van der Waals surface area contributed by atoms with Gasteiger partial charge in [-0.2, -0.15) is 0 Å². The van der Waals surface area contributed by atoms with Crippen LogP contribution in [0.2, 0.25) is 0 Å². The van der Waals surface area contributed by atoms with Crippen LogP contribution >= 0.6 is 11.6 Å².